The molecule has 0 bridgehead atoms. The Bertz CT molecular complexity index is 193. The normalized spacial score (nSPS) is 15.1. The number of hydrogen-bond donors (Lipinski definition) is 0. The molecule has 0 saturated carbocycles. The van der Waals surface area contributed by atoms with Crippen LogP contribution in [-0.4, -0.2) is 11.6 Å². The minimum Gasteiger partial charge on any atom is -0.196 e. The zero-order valence-corrected chi connectivity index (χ0v) is 8.50. The monoisotopic (exact) mass is 167 g/mol. The molecule has 0 spiro atoms. The first kappa shape index (κ1) is 11.1. The average Bonchev–Trinajstić information content (AvgIpc) is 1.85. The first-order valence-electron chi connectivity index (χ1n) is 4.18. The second-order valence-electron chi connectivity index (χ2n) is 4.20. The van der Waals surface area contributed by atoms with Gasteiger partial charge in [-0.15, -0.1) is 0 Å². The topological polar surface area (TPSA) is 48.5 Å². The number of nitriles is 1. The van der Waals surface area contributed by atoms with Crippen molar-refractivity contribution >= 4 is 0 Å². The Hall–Kier alpha value is -0.910. The zero-order chi connectivity index (χ0) is 9.78. The van der Waals surface area contributed by atoms with E-state index in [-0.39, 0.29) is 17.5 Å². The van der Waals surface area contributed by atoms with Crippen molar-refractivity contribution in [2.24, 2.45) is 16.1 Å². The van der Waals surface area contributed by atoms with Crippen LogP contribution in [0.5, 0.6) is 0 Å². The molecule has 0 radical (unpaired) electrons. The fourth-order valence-corrected chi connectivity index (χ4v) is 0.544. The summed E-state index contributed by atoms with van der Waals surface area (Å²) < 4.78 is 0. The third kappa shape index (κ3) is 4.84. The number of rotatable bonds is 2. The van der Waals surface area contributed by atoms with E-state index in [1.54, 1.807) is 0 Å². The largest absolute Gasteiger partial charge is 0.196 e. The molecule has 1 atom stereocenters. The molecule has 0 aromatic carbocycles. The molecule has 3 nitrogen and oxygen atoms in total. The molecule has 0 saturated heterocycles. The molecule has 0 fully saturated rings. The minimum absolute atomic E-state index is 0.177. The van der Waals surface area contributed by atoms with Gasteiger partial charge in [0.05, 0.1) is 11.6 Å². The summed E-state index contributed by atoms with van der Waals surface area (Å²) >= 11 is 0. The molecule has 12 heavy (non-hydrogen) atoms. The molecule has 0 rings (SSSR count). The van der Waals surface area contributed by atoms with Crippen molar-refractivity contribution in [1.29, 1.82) is 5.26 Å². The molecule has 0 aromatic heterocycles. The Morgan fingerprint density at radius 3 is 2.00 bits per heavy atom. The lowest BCUT2D eigenvalue weighted by molar-refractivity contribution is 0.488. The van der Waals surface area contributed by atoms with E-state index in [2.05, 4.69) is 16.3 Å². The number of nitrogens with zero attached hydrogens (tertiary/aromatic N) is 3. The van der Waals surface area contributed by atoms with E-state index >= 15 is 0 Å². The molecule has 0 N–H and O–H groups in total. The minimum atomic E-state index is -0.302. The smallest absolute Gasteiger partial charge is 0.159 e. The van der Waals surface area contributed by atoms with Gasteiger partial charge in [-0.05, 0) is 26.7 Å². The summed E-state index contributed by atoms with van der Waals surface area (Å²) in [6.45, 7) is 9.83. The highest BCUT2D eigenvalue weighted by Crippen LogP contribution is 2.11. The summed E-state index contributed by atoms with van der Waals surface area (Å²) in [5.41, 5.74) is -0.177. The summed E-state index contributed by atoms with van der Waals surface area (Å²) in [7, 11) is 0. The Morgan fingerprint density at radius 2 is 1.75 bits per heavy atom. The maximum Gasteiger partial charge on any atom is 0.159 e. The molecule has 0 aromatic rings. The van der Waals surface area contributed by atoms with Gasteiger partial charge in [0, 0.05) is 0 Å². The number of azo groups is 1. The highest BCUT2D eigenvalue weighted by Gasteiger charge is 2.13. The van der Waals surface area contributed by atoms with Gasteiger partial charge in [-0.3, -0.25) is 0 Å². The molecular formula is C9H17N3. The van der Waals surface area contributed by atoms with Gasteiger partial charge in [0.25, 0.3) is 0 Å². The Morgan fingerprint density at radius 1 is 1.25 bits per heavy atom. The SMILES string of the molecule is CC(C)C(C#N)N=NC(C)(C)C. The van der Waals surface area contributed by atoms with Gasteiger partial charge in [-0.25, -0.2) is 0 Å². The maximum absolute atomic E-state index is 8.69. The van der Waals surface area contributed by atoms with Crippen molar-refractivity contribution in [3.8, 4) is 6.07 Å². The summed E-state index contributed by atoms with van der Waals surface area (Å²) in [6, 6.07) is 1.81. The lowest BCUT2D eigenvalue weighted by atomic mass is 10.1. The highest BCUT2D eigenvalue weighted by atomic mass is 15.2. The lowest BCUT2D eigenvalue weighted by Gasteiger charge is -2.12. The lowest BCUT2D eigenvalue weighted by Crippen LogP contribution is -2.13. The van der Waals surface area contributed by atoms with Crippen LogP contribution in [-0.2, 0) is 0 Å². The van der Waals surface area contributed by atoms with E-state index in [1.807, 2.05) is 34.6 Å². The zero-order valence-electron chi connectivity index (χ0n) is 8.50. The fraction of sp³-hybridized carbons (Fsp3) is 0.889. The van der Waals surface area contributed by atoms with Crippen LogP contribution in [0.4, 0.5) is 0 Å². The first-order chi connectivity index (χ1) is 5.37. The molecular weight excluding hydrogens is 150 g/mol. The van der Waals surface area contributed by atoms with Gasteiger partial charge in [0.2, 0.25) is 0 Å². The van der Waals surface area contributed by atoms with Gasteiger partial charge in [-0.2, -0.15) is 15.5 Å². The van der Waals surface area contributed by atoms with Gasteiger partial charge >= 0.3 is 0 Å². The fourth-order valence-electron chi connectivity index (χ4n) is 0.544. The average molecular weight is 167 g/mol. The van der Waals surface area contributed by atoms with Gasteiger partial charge in [0.15, 0.2) is 6.04 Å². The van der Waals surface area contributed by atoms with Gasteiger partial charge in [-0.1, -0.05) is 13.8 Å². The second-order valence-corrected chi connectivity index (χ2v) is 4.20. The molecule has 68 valence electrons. The second kappa shape index (κ2) is 4.20. The Labute approximate surface area is 74.5 Å². The molecule has 3 heteroatoms. The summed E-state index contributed by atoms with van der Waals surface area (Å²) in [4.78, 5) is 0. The van der Waals surface area contributed by atoms with Crippen molar-refractivity contribution in [3.63, 3.8) is 0 Å². The van der Waals surface area contributed by atoms with E-state index in [0.717, 1.165) is 0 Å². The highest BCUT2D eigenvalue weighted by molar-refractivity contribution is 4.91. The van der Waals surface area contributed by atoms with Crippen LogP contribution in [0.2, 0.25) is 0 Å². The van der Waals surface area contributed by atoms with E-state index in [1.165, 1.54) is 0 Å². The Balaban J connectivity index is 4.24. The number of hydrogen-bond acceptors (Lipinski definition) is 3. The van der Waals surface area contributed by atoms with Crippen molar-refractivity contribution in [2.45, 2.75) is 46.2 Å². The van der Waals surface area contributed by atoms with Crippen LogP contribution in [0.3, 0.4) is 0 Å². The maximum atomic E-state index is 8.69. The van der Waals surface area contributed by atoms with Crippen LogP contribution >= 0.6 is 0 Å². The standard InChI is InChI=1S/C9H17N3/c1-7(2)8(6-10)11-12-9(3,4)5/h7-8H,1-5H3. The van der Waals surface area contributed by atoms with Gasteiger partial charge in [0.1, 0.15) is 0 Å². The van der Waals surface area contributed by atoms with E-state index in [9.17, 15) is 0 Å². The third-order valence-corrected chi connectivity index (χ3v) is 1.25. The van der Waals surface area contributed by atoms with Crippen LogP contribution in [0.1, 0.15) is 34.6 Å². The predicted molar refractivity (Wildman–Crippen MR) is 48.8 cm³/mol. The van der Waals surface area contributed by atoms with Gasteiger partial charge < -0.3 is 0 Å². The van der Waals surface area contributed by atoms with Crippen LogP contribution < -0.4 is 0 Å². The molecule has 0 heterocycles. The van der Waals surface area contributed by atoms with Crippen molar-refractivity contribution in [1.82, 2.24) is 0 Å². The third-order valence-electron chi connectivity index (χ3n) is 1.25. The first-order valence-corrected chi connectivity index (χ1v) is 4.18. The molecule has 0 aliphatic carbocycles. The molecule has 0 aliphatic heterocycles. The van der Waals surface area contributed by atoms with Crippen LogP contribution in [0, 0.1) is 17.2 Å². The molecule has 1 unspecified atom stereocenters. The van der Waals surface area contributed by atoms with Crippen molar-refractivity contribution in [3.05, 3.63) is 0 Å². The van der Waals surface area contributed by atoms with Crippen molar-refractivity contribution in [2.75, 3.05) is 0 Å². The quantitative estimate of drug-likeness (QED) is 0.583. The summed E-state index contributed by atoms with van der Waals surface area (Å²) in [6.07, 6.45) is 0. The van der Waals surface area contributed by atoms with E-state index < -0.39 is 0 Å². The van der Waals surface area contributed by atoms with Crippen LogP contribution in [0.15, 0.2) is 10.2 Å². The van der Waals surface area contributed by atoms with Crippen molar-refractivity contribution < 1.29 is 0 Å². The Kier molecular flexibility index (Phi) is 3.88. The van der Waals surface area contributed by atoms with E-state index in [4.69, 9.17) is 5.26 Å². The summed E-state index contributed by atoms with van der Waals surface area (Å²) in [5.74, 6) is 0.237. The molecule has 0 amide bonds. The van der Waals surface area contributed by atoms with E-state index in [0.29, 0.717) is 0 Å². The summed E-state index contributed by atoms with van der Waals surface area (Å²) in [5, 5.41) is 16.7. The predicted octanol–water partition coefficient (Wildman–Crippen LogP) is 2.79. The van der Waals surface area contributed by atoms with Crippen LogP contribution in [0.25, 0.3) is 0 Å². The molecule has 0 aliphatic rings.